The summed E-state index contributed by atoms with van der Waals surface area (Å²) in [5.74, 6) is 3.77. The van der Waals surface area contributed by atoms with Crippen molar-refractivity contribution in [3.8, 4) is 0 Å². The largest absolute Gasteiger partial charge is 0.303 e. The van der Waals surface area contributed by atoms with Crippen molar-refractivity contribution in [2.45, 2.75) is 18.1 Å². The maximum atomic E-state index is 12.2. The molecule has 0 fully saturated rings. The van der Waals surface area contributed by atoms with Crippen molar-refractivity contribution in [1.29, 1.82) is 0 Å². The van der Waals surface area contributed by atoms with Crippen LogP contribution in [0.3, 0.4) is 0 Å². The molecule has 5 heteroatoms. The van der Waals surface area contributed by atoms with Crippen molar-refractivity contribution in [2.24, 2.45) is 0 Å². The van der Waals surface area contributed by atoms with Crippen LogP contribution < -0.4 is 4.72 Å². The molecule has 0 saturated carbocycles. The molecular weight excluding hydrogens is 240 g/mol. The molecule has 0 aliphatic heterocycles. The Kier molecular flexibility index (Phi) is 5.48. The number of rotatable bonds is 7. The maximum absolute atomic E-state index is 12.2. The van der Waals surface area contributed by atoms with E-state index in [1.165, 1.54) is 11.3 Å². The molecule has 1 aromatic rings. The fourth-order valence-electron chi connectivity index (χ4n) is 1.43. The second-order valence-corrected chi connectivity index (χ2v) is 6.81. The predicted octanol–water partition coefficient (Wildman–Crippen LogP) is 1.67. The molecule has 16 heavy (non-hydrogen) atoms. The molecule has 1 rings (SSSR count). The van der Waals surface area contributed by atoms with Gasteiger partial charge in [0, 0.05) is 13.1 Å². The molecule has 1 unspecified atom stereocenters. The second kappa shape index (κ2) is 6.39. The highest BCUT2D eigenvalue weighted by molar-refractivity contribution is 8.00. The van der Waals surface area contributed by atoms with E-state index in [9.17, 15) is 4.21 Å². The van der Waals surface area contributed by atoms with Crippen molar-refractivity contribution in [1.82, 2.24) is 9.62 Å². The third-order valence-electron chi connectivity index (χ3n) is 2.48. The number of thiophene rings is 1. The van der Waals surface area contributed by atoms with Gasteiger partial charge >= 0.3 is 0 Å². The minimum Gasteiger partial charge on any atom is -0.303 e. The van der Waals surface area contributed by atoms with Gasteiger partial charge in [0.15, 0.2) is 0 Å². The van der Waals surface area contributed by atoms with Crippen molar-refractivity contribution < 1.29 is 4.21 Å². The minimum atomic E-state index is -2.29. The summed E-state index contributed by atoms with van der Waals surface area (Å²) in [7, 11) is -2.29. The molecule has 1 heterocycles. The highest BCUT2D eigenvalue weighted by atomic mass is 32.2. The van der Waals surface area contributed by atoms with Gasteiger partial charge in [-0.05, 0) is 30.4 Å². The topological polar surface area (TPSA) is 32.3 Å². The zero-order valence-corrected chi connectivity index (χ0v) is 11.6. The van der Waals surface area contributed by atoms with Gasteiger partial charge in [0.1, 0.15) is 0 Å². The first-order chi connectivity index (χ1) is 7.60. The Labute approximate surface area is 103 Å². The Hall–Kier alpha value is -0.360. The lowest BCUT2D eigenvalue weighted by atomic mass is 10.5. The van der Waals surface area contributed by atoms with Crippen LogP contribution in [0.25, 0.3) is 0 Å². The van der Waals surface area contributed by atoms with E-state index in [0.29, 0.717) is 6.54 Å². The molecule has 1 N–H and O–H groups in total. The summed E-state index contributed by atoms with van der Waals surface area (Å²) in [6.07, 6.45) is 0. The highest BCUT2D eigenvalue weighted by Crippen LogP contribution is 2.14. The summed E-state index contributed by atoms with van der Waals surface area (Å²) in [4.78, 5) is 2.29. The minimum absolute atomic E-state index is 0.710. The lowest BCUT2D eigenvalue weighted by Gasteiger charge is -2.18. The van der Waals surface area contributed by atoms with E-state index in [4.69, 9.17) is 0 Å². The summed E-state index contributed by atoms with van der Waals surface area (Å²) >= 11 is 1.49. The van der Waals surface area contributed by atoms with E-state index in [1.54, 1.807) is 0 Å². The van der Waals surface area contributed by atoms with Crippen LogP contribution in [0.4, 0.5) is 0 Å². The molecule has 0 bridgehead atoms. The lowest BCUT2D eigenvalue weighted by Crippen LogP contribution is -2.34. The summed E-state index contributed by atoms with van der Waals surface area (Å²) in [5, 5.41) is 1.92. The summed E-state index contributed by atoms with van der Waals surface area (Å²) in [5.41, 5.74) is 0. The molecule has 0 radical (unpaired) electrons. The Morgan fingerprint density at radius 3 is 2.69 bits per heavy atom. The van der Waals surface area contributed by atoms with Gasteiger partial charge < -0.3 is 4.90 Å². The molecule has 0 aliphatic rings. The van der Waals surface area contributed by atoms with E-state index in [0.717, 1.165) is 23.8 Å². The third-order valence-corrected chi connectivity index (χ3v) is 5.69. The number of nitrogens with one attached hydrogen (secondary N) is 1. The van der Waals surface area contributed by atoms with Crippen molar-refractivity contribution >= 4 is 26.9 Å². The number of nitrogens with zero attached hydrogens (tertiary/aromatic N) is 1. The first-order valence-electron chi connectivity index (χ1n) is 5.48. The molecule has 0 aliphatic carbocycles. The van der Waals surface area contributed by atoms with E-state index >= 15 is 0 Å². The van der Waals surface area contributed by atoms with Gasteiger partial charge in [0.05, 0.1) is 13.9 Å². The SMILES string of the molecule is C=S(=O)(NCCN(CC)CC)c1cccs1. The van der Waals surface area contributed by atoms with Crippen LogP contribution in [0.5, 0.6) is 0 Å². The molecule has 1 atom stereocenters. The van der Waals surface area contributed by atoms with Gasteiger partial charge in [-0.1, -0.05) is 19.9 Å². The average molecular weight is 260 g/mol. The Morgan fingerprint density at radius 2 is 2.19 bits per heavy atom. The van der Waals surface area contributed by atoms with Crippen molar-refractivity contribution in [3.05, 3.63) is 17.5 Å². The van der Waals surface area contributed by atoms with Crippen LogP contribution in [0.15, 0.2) is 21.7 Å². The van der Waals surface area contributed by atoms with E-state index in [1.807, 2.05) is 17.5 Å². The zero-order chi connectivity index (χ0) is 12.0. The van der Waals surface area contributed by atoms with Crippen LogP contribution in [0, 0.1) is 0 Å². The Morgan fingerprint density at radius 1 is 1.50 bits per heavy atom. The number of likely N-dealkylation sites (N-methyl/N-ethyl adjacent to an activating group) is 1. The van der Waals surface area contributed by atoms with Crippen LogP contribution in [0.2, 0.25) is 0 Å². The fourth-order valence-corrected chi connectivity index (χ4v) is 3.71. The molecule has 0 amide bonds. The van der Waals surface area contributed by atoms with E-state index in [2.05, 4.69) is 29.3 Å². The monoisotopic (exact) mass is 260 g/mol. The summed E-state index contributed by atoms with van der Waals surface area (Å²) in [6.45, 7) is 7.92. The fraction of sp³-hybridized carbons (Fsp3) is 0.545. The first-order valence-corrected chi connectivity index (χ1v) is 8.08. The maximum Gasteiger partial charge on any atom is 0.0966 e. The molecule has 92 valence electrons. The van der Waals surface area contributed by atoms with Crippen LogP contribution in [-0.2, 0) is 9.71 Å². The predicted molar refractivity (Wildman–Crippen MR) is 73.6 cm³/mol. The van der Waals surface area contributed by atoms with Gasteiger partial charge in [-0.2, -0.15) is 0 Å². The van der Waals surface area contributed by atoms with Crippen LogP contribution in [-0.4, -0.2) is 41.2 Å². The standard InChI is InChI=1S/C11H20N2OS2/c1-4-13(5-2)9-8-12-16(3,14)11-7-6-10-15-11/h6-7,10H,3-5,8-9H2,1-2H3,(H,12,14). The lowest BCUT2D eigenvalue weighted by molar-refractivity contribution is 0.309. The van der Waals surface area contributed by atoms with Gasteiger partial charge in [0.25, 0.3) is 0 Å². The van der Waals surface area contributed by atoms with Crippen molar-refractivity contribution in [3.63, 3.8) is 0 Å². The number of hydrogen-bond acceptors (Lipinski definition) is 3. The van der Waals surface area contributed by atoms with Gasteiger partial charge in [-0.3, -0.25) is 0 Å². The molecule has 0 spiro atoms. The average Bonchev–Trinajstić information content (AvgIpc) is 2.78. The zero-order valence-electron chi connectivity index (χ0n) is 9.94. The third kappa shape index (κ3) is 3.90. The van der Waals surface area contributed by atoms with Gasteiger partial charge in [-0.25, -0.2) is 8.93 Å². The summed E-state index contributed by atoms with van der Waals surface area (Å²) in [6, 6.07) is 3.77. The first kappa shape index (κ1) is 13.7. The molecule has 3 nitrogen and oxygen atoms in total. The summed E-state index contributed by atoms with van der Waals surface area (Å²) < 4.78 is 16.0. The van der Waals surface area contributed by atoms with E-state index in [-0.39, 0.29) is 0 Å². The quantitative estimate of drug-likeness (QED) is 0.756. The Bertz CT molecular complexity index is 380. The van der Waals surface area contributed by atoms with Gasteiger partial charge in [-0.15, -0.1) is 11.3 Å². The molecular formula is C11H20N2OS2. The highest BCUT2D eigenvalue weighted by Gasteiger charge is 2.08. The van der Waals surface area contributed by atoms with Gasteiger partial charge in [0.2, 0.25) is 0 Å². The molecule has 0 saturated heterocycles. The number of hydrogen-bond donors (Lipinski definition) is 1. The normalized spacial score (nSPS) is 15.2. The molecule has 1 aromatic heterocycles. The van der Waals surface area contributed by atoms with Crippen molar-refractivity contribution in [2.75, 3.05) is 26.2 Å². The Balaban J connectivity index is 2.44. The van der Waals surface area contributed by atoms with E-state index < -0.39 is 9.71 Å². The smallest absolute Gasteiger partial charge is 0.0966 e. The van der Waals surface area contributed by atoms with Crippen LogP contribution >= 0.6 is 11.3 Å². The second-order valence-electron chi connectivity index (χ2n) is 3.53. The molecule has 0 aromatic carbocycles. The van der Waals surface area contributed by atoms with Crippen LogP contribution in [0.1, 0.15) is 13.8 Å².